The second-order valence-electron chi connectivity index (χ2n) is 8.81. The molecule has 36 heavy (non-hydrogen) atoms. The second-order valence-corrected chi connectivity index (χ2v) is 10.1. The summed E-state index contributed by atoms with van der Waals surface area (Å²) in [6.07, 6.45) is 0.882. The summed E-state index contributed by atoms with van der Waals surface area (Å²) in [7, 11) is 1.76. The SMILES string of the molecule is CC(C)CCOc1ccc(Br)cc1C(=O)NC(=S)Nc1cccc(C(=O)N(C)Cc2ccccc2)c1. The first-order chi connectivity index (χ1) is 17.2. The molecule has 3 rings (SSSR count). The number of carbonyl (C=O) groups is 2. The number of amides is 2. The Morgan fingerprint density at radius 1 is 1.03 bits per heavy atom. The molecule has 6 nitrogen and oxygen atoms in total. The maximum absolute atomic E-state index is 13.0. The lowest BCUT2D eigenvalue weighted by Crippen LogP contribution is -2.34. The van der Waals surface area contributed by atoms with Crippen LogP contribution in [0.2, 0.25) is 0 Å². The van der Waals surface area contributed by atoms with Crippen molar-refractivity contribution in [2.45, 2.75) is 26.8 Å². The zero-order chi connectivity index (χ0) is 26.1. The van der Waals surface area contributed by atoms with E-state index < -0.39 is 0 Å². The van der Waals surface area contributed by atoms with E-state index in [4.69, 9.17) is 17.0 Å². The van der Waals surface area contributed by atoms with Crippen molar-refractivity contribution in [1.82, 2.24) is 10.2 Å². The van der Waals surface area contributed by atoms with E-state index >= 15 is 0 Å². The number of benzene rings is 3. The van der Waals surface area contributed by atoms with E-state index in [0.29, 0.717) is 41.6 Å². The summed E-state index contributed by atoms with van der Waals surface area (Å²) in [5.41, 5.74) is 2.54. The summed E-state index contributed by atoms with van der Waals surface area (Å²) in [5.74, 6) is 0.487. The quantitative estimate of drug-likeness (QED) is 0.298. The number of carbonyl (C=O) groups excluding carboxylic acids is 2. The van der Waals surface area contributed by atoms with E-state index in [1.807, 2.05) is 36.4 Å². The number of rotatable bonds is 9. The predicted octanol–water partition coefficient (Wildman–Crippen LogP) is 6.27. The fourth-order valence-electron chi connectivity index (χ4n) is 3.42. The molecule has 2 amide bonds. The molecule has 0 aliphatic rings. The van der Waals surface area contributed by atoms with Crippen molar-refractivity contribution < 1.29 is 14.3 Å². The van der Waals surface area contributed by atoms with Crippen LogP contribution in [0.3, 0.4) is 0 Å². The molecule has 0 saturated heterocycles. The number of ether oxygens (including phenoxy) is 1. The van der Waals surface area contributed by atoms with Gasteiger partial charge in [-0.25, -0.2) is 0 Å². The van der Waals surface area contributed by atoms with E-state index in [1.54, 1.807) is 48.3 Å². The Balaban J connectivity index is 1.63. The molecule has 0 atom stereocenters. The molecule has 0 bridgehead atoms. The van der Waals surface area contributed by atoms with E-state index in [0.717, 1.165) is 16.5 Å². The van der Waals surface area contributed by atoms with E-state index in [9.17, 15) is 9.59 Å². The number of nitrogens with zero attached hydrogens (tertiary/aromatic N) is 1. The zero-order valence-corrected chi connectivity index (χ0v) is 23.0. The van der Waals surface area contributed by atoms with Gasteiger partial charge in [-0.1, -0.05) is 66.2 Å². The molecule has 0 aliphatic heterocycles. The van der Waals surface area contributed by atoms with Gasteiger partial charge in [0.2, 0.25) is 0 Å². The maximum atomic E-state index is 13.0. The number of hydrogen-bond donors (Lipinski definition) is 2. The minimum Gasteiger partial charge on any atom is -0.493 e. The first-order valence-electron chi connectivity index (χ1n) is 11.7. The topological polar surface area (TPSA) is 70.7 Å². The molecular weight excluding hydrogens is 538 g/mol. The van der Waals surface area contributed by atoms with Crippen molar-refractivity contribution in [1.29, 1.82) is 0 Å². The van der Waals surface area contributed by atoms with Gasteiger partial charge in [0, 0.05) is 29.3 Å². The van der Waals surface area contributed by atoms with E-state index in [1.165, 1.54) is 0 Å². The number of thiocarbonyl (C=S) groups is 1. The molecule has 0 radical (unpaired) electrons. The standard InChI is InChI=1S/C28H30BrN3O3S/c1-19(2)14-15-35-25-13-12-22(29)17-24(25)26(33)31-28(36)30-23-11-7-10-21(16-23)27(34)32(3)18-20-8-5-4-6-9-20/h4-13,16-17,19H,14-15,18H2,1-3H3,(H2,30,31,33,36). The van der Waals surface area contributed by atoms with E-state index in [-0.39, 0.29) is 16.9 Å². The van der Waals surface area contributed by atoms with Gasteiger partial charge in [-0.2, -0.15) is 0 Å². The van der Waals surface area contributed by atoms with Crippen LogP contribution in [0.5, 0.6) is 5.75 Å². The van der Waals surface area contributed by atoms with Crippen molar-refractivity contribution in [2.75, 3.05) is 19.0 Å². The van der Waals surface area contributed by atoms with Gasteiger partial charge >= 0.3 is 0 Å². The van der Waals surface area contributed by atoms with E-state index in [2.05, 4.69) is 40.4 Å². The van der Waals surface area contributed by atoms with Crippen LogP contribution in [0.15, 0.2) is 77.3 Å². The molecule has 0 unspecified atom stereocenters. The van der Waals surface area contributed by atoms with Gasteiger partial charge in [-0.15, -0.1) is 0 Å². The Hall–Kier alpha value is -3.23. The molecule has 0 fully saturated rings. The molecule has 0 spiro atoms. The summed E-state index contributed by atoms with van der Waals surface area (Å²) in [5, 5.41) is 5.82. The Bertz CT molecular complexity index is 1220. The number of nitrogens with one attached hydrogen (secondary N) is 2. The predicted molar refractivity (Wildman–Crippen MR) is 151 cm³/mol. The van der Waals surface area contributed by atoms with Crippen LogP contribution in [0.4, 0.5) is 5.69 Å². The van der Waals surface area contributed by atoms with Gasteiger partial charge in [-0.05, 0) is 66.5 Å². The summed E-state index contributed by atoms with van der Waals surface area (Å²) in [6, 6.07) is 22.1. The van der Waals surface area contributed by atoms with Crippen molar-refractivity contribution in [2.24, 2.45) is 5.92 Å². The highest BCUT2D eigenvalue weighted by Gasteiger charge is 2.16. The van der Waals surface area contributed by atoms with Crippen molar-refractivity contribution in [3.05, 3.63) is 94.0 Å². The van der Waals surface area contributed by atoms with Gasteiger partial charge in [0.15, 0.2) is 5.11 Å². The summed E-state index contributed by atoms with van der Waals surface area (Å²) < 4.78 is 6.60. The average Bonchev–Trinajstić information content (AvgIpc) is 2.84. The molecule has 0 aliphatic carbocycles. The van der Waals surface area contributed by atoms with Gasteiger partial charge in [-0.3, -0.25) is 14.9 Å². The molecule has 188 valence electrons. The molecule has 0 aromatic heterocycles. The van der Waals surface area contributed by atoms with Crippen molar-refractivity contribution in [3.8, 4) is 5.75 Å². The van der Waals surface area contributed by atoms with Gasteiger partial charge in [0.05, 0.1) is 12.2 Å². The van der Waals surface area contributed by atoms with Crippen LogP contribution < -0.4 is 15.4 Å². The Labute approximate surface area is 226 Å². The minimum atomic E-state index is -0.386. The molecule has 2 N–H and O–H groups in total. The first-order valence-corrected chi connectivity index (χ1v) is 12.9. The highest BCUT2D eigenvalue weighted by molar-refractivity contribution is 9.10. The van der Waals surface area contributed by atoms with Crippen LogP contribution in [0.25, 0.3) is 0 Å². The number of anilines is 1. The normalized spacial score (nSPS) is 10.6. The monoisotopic (exact) mass is 567 g/mol. The Morgan fingerprint density at radius 2 is 1.78 bits per heavy atom. The minimum absolute atomic E-state index is 0.116. The molecule has 0 heterocycles. The van der Waals surface area contributed by atoms with Gasteiger partial charge in [0.1, 0.15) is 5.75 Å². The van der Waals surface area contributed by atoms with Gasteiger partial charge < -0.3 is 15.0 Å². The van der Waals surface area contributed by atoms with Crippen LogP contribution in [-0.2, 0) is 6.54 Å². The first kappa shape index (κ1) is 27.4. The number of hydrogen-bond acceptors (Lipinski definition) is 4. The van der Waals surface area contributed by atoms with Crippen molar-refractivity contribution >= 4 is 50.8 Å². The summed E-state index contributed by atoms with van der Waals surface area (Å²) >= 11 is 8.78. The zero-order valence-electron chi connectivity index (χ0n) is 20.6. The van der Waals surface area contributed by atoms with Crippen LogP contribution in [0, 0.1) is 5.92 Å². The highest BCUT2D eigenvalue weighted by Crippen LogP contribution is 2.24. The van der Waals surface area contributed by atoms with Crippen LogP contribution >= 0.6 is 28.1 Å². The molecule has 3 aromatic carbocycles. The third-order valence-electron chi connectivity index (χ3n) is 5.34. The third kappa shape index (κ3) is 8.17. The smallest absolute Gasteiger partial charge is 0.261 e. The fourth-order valence-corrected chi connectivity index (χ4v) is 3.99. The lowest BCUT2D eigenvalue weighted by atomic mass is 10.1. The Morgan fingerprint density at radius 3 is 2.50 bits per heavy atom. The van der Waals surface area contributed by atoms with Crippen LogP contribution in [-0.4, -0.2) is 35.5 Å². The highest BCUT2D eigenvalue weighted by atomic mass is 79.9. The summed E-state index contributed by atoms with van der Waals surface area (Å²) in [4.78, 5) is 27.5. The van der Waals surface area contributed by atoms with Crippen molar-refractivity contribution in [3.63, 3.8) is 0 Å². The molecule has 8 heteroatoms. The third-order valence-corrected chi connectivity index (χ3v) is 6.04. The maximum Gasteiger partial charge on any atom is 0.261 e. The lowest BCUT2D eigenvalue weighted by molar-refractivity contribution is 0.0785. The molecule has 0 saturated carbocycles. The average molecular weight is 569 g/mol. The van der Waals surface area contributed by atoms with Gasteiger partial charge in [0.25, 0.3) is 11.8 Å². The number of halogens is 1. The largest absolute Gasteiger partial charge is 0.493 e. The molecule has 3 aromatic rings. The molecular formula is C28H30BrN3O3S. The van der Waals surface area contributed by atoms with Crippen LogP contribution in [0.1, 0.15) is 46.5 Å². The summed E-state index contributed by atoms with van der Waals surface area (Å²) in [6.45, 7) is 5.25. The fraction of sp³-hybridized carbons (Fsp3) is 0.250. The lowest BCUT2D eigenvalue weighted by Gasteiger charge is -2.18. The Kier molecular flexibility index (Phi) is 10.0. The second kappa shape index (κ2) is 13.2.